The van der Waals surface area contributed by atoms with Gasteiger partial charge in [0.15, 0.2) is 0 Å². The second kappa shape index (κ2) is 7.28. The smallest absolute Gasteiger partial charge is 0.0875 e. The molecular formula is C8H14O. The predicted octanol–water partition coefficient (Wildman–Crippen LogP) is 2.50. The zero-order valence-electron chi connectivity index (χ0n) is 5.97. The number of rotatable bonds is 5. The van der Waals surface area contributed by atoms with Crippen molar-refractivity contribution in [2.75, 3.05) is 6.61 Å². The van der Waals surface area contributed by atoms with Gasteiger partial charge in [-0.05, 0) is 19.8 Å². The van der Waals surface area contributed by atoms with Gasteiger partial charge in [-0.3, -0.25) is 0 Å². The van der Waals surface area contributed by atoms with Crippen molar-refractivity contribution in [3.8, 4) is 0 Å². The molecule has 0 spiro atoms. The maximum absolute atomic E-state index is 4.91. The van der Waals surface area contributed by atoms with Gasteiger partial charge in [0.1, 0.15) is 0 Å². The Balaban J connectivity index is 2.82. The van der Waals surface area contributed by atoms with E-state index in [-0.39, 0.29) is 0 Å². The maximum Gasteiger partial charge on any atom is 0.0875 e. The van der Waals surface area contributed by atoms with Crippen LogP contribution in [0.25, 0.3) is 0 Å². The fourth-order valence-electron chi connectivity index (χ4n) is 0.535. The van der Waals surface area contributed by atoms with Crippen molar-refractivity contribution in [3.63, 3.8) is 0 Å². The molecule has 0 bridgehead atoms. The van der Waals surface area contributed by atoms with Crippen LogP contribution >= 0.6 is 0 Å². The standard InChI is InChI=1S/C8H14O/c1-3-5-6-7-8-9-4-2/h3-5H,2,6-8H2,1H3. The van der Waals surface area contributed by atoms with Crippen molar-refractivity contribution in [2.45, 2.75) is 19.8 Å². The maximum atomic E-state index is 4.91. The molecule has 0 radical (unpaired) electrons. The quantitative estimate of drug-likeness (QED) is 0.312. The summed E-state index contributed by atoms with van der Waals surface area (Å²) in [7, 11) is 0. The van der Waals surface area contributed by atoms with E-state index in [9.17, 15) is 0 Å². The molecule has 0 aliphatic heterocycles. The van der Waals surface area contributed by atoms with Crippen molar-refractivity contribution in [1.82, 2.24) is 0 Å². The summed E-state index contributed by atoms with van der Waals surface area (Å²) >= 11 is 0. The molecule has 0 amide bonds. The Hall–Kier alpha value is -0.720. The summed E-state index contributed by atoms with van der Waals surface area (Å²) in [5.41, 5.74) is 0. The van der Waals surface area contributed by atoms with E-state index < -0.39 is 0 Å². The zero-order chi connectivity index (χ0) is 6.95. The molecule has 0 saturated carbocycles. The molecule has 0 saturated heterocycles. The predicted molar refractivity (Wildman–Crippen MR) is 40.2 cm³/mol. The molecule has 1 heteroatoms. The fraction of sp³-hybridized carbons (Fsp3) is 0.500. The fourth-order valence-corrected chi connectivity index (χ4v) is 0.535. The van der Waals surface area contributed by atoms with Crippen LogP contribution in [0.5, 0.6) is 0 Å². The summed E-state index contributed by atoms with van der Waals surface area (Å²) in [5.74, 6) is 0. The lowest BCUT2D eigenvalue weighted by Gasteiger charge is -1.95. The third-order valence-corrected chi connectivity index (χ3v) is 0.987. The molecule has 1 nitrogen and oxygen atoms in total. The first-order valence-corrected chi connectivity index (χ1v) is 3.25. The van der Waals surface area contributed by atoms with Gasteiger partial charge in [-0.15, -0.1) is 0 Å². The van der Waals surface area contributed by atoms with Gasteiger partial charge < -0.3 is 4.74 Å². The monoisotopic (exact) mass is 126 g/mol. The molecule has 0 unspecified atom stereocenters. The Labute approximate surface area is 57.0 Å². The summed E-state index contributed by atoms with van der Waals surface area (Å²) < 4.78 is 4.91. The summed E-state index contributed by atoms with van der Waals surface area (Å²) in [6, 6.07) is 0. The highest BCUT2D eigenvalue weighted by atomic mass is 16.5. The second-order valence-corrected chi connectivity index (χ2v) is 1.75. The van der Waals surface area contributed by atoms with Crippen LogP contribution in [0.15, 0.2) is 25.0 Å². The minimum Gasteiger partial charge on any atom is -0.502 e. The first-order valence-electron chi connectivity index (χ1n) is 3.25. The molecule has 0 aliphatic rings. The Bertz CT molecular complexity index is 84.6. The summed E-state index contributed by atoms with van der Waals surface area (Å²) in [5, 5.41) is 0. The largest absolute Gasteiger partial charge is 0.502 e. The summed E-state index contributed by atoms with van der Waals surface area (Å²) in [6.07, 6.45) is 7.84. The lowest BCUT2D eigenvalue weighted by atomic mass is 10.3. The minimum atomic E-state index is 0.786. The van der Waals surface area contributed by atoms with E-state index in [2.05, 4.69) is 12.7 Å². The number of unbranched alkanes of at least 4 members (excludes halogenated alkanes) is 1. The Morgan fingerprint density at radius 2 is 2.33 bits per heavy atom. The van der Waals surface area contributed by atoms with E-state index in [4.69, 9.17) is 4.74 Å². The van der Waals surface area contributed by atoms with Crippen molar-refractivity contribution in [2.24, 2.45) is 0 Å². The van der Waals surface area contributed by atoms with E-state index in [1.54, 1.807) is 0 Å². The highest BCUT2D eigenvalue weighted by molar-refractivity contribution is 4.76. The first-order chi connectivity index (χ1) is 4.41. The van der Waals surface area contributed by atoms with Gasteiger partial charge in [0.25, 0.3) is 0 Å². The van der Waals surface area contributed by atoms with Gasteiger partial charge in [-0.2, -0.15) is 0 Å². The van der Waals surface area contributed by atoms with Crippen LogP contribution in [0.1, 0.15) is 19.8 Å². The molecule has 52 valence electrons. The number of allylic oxidation sites excluding steroid dienone is 2. The normalized spacial score (nSPS) is 9.89. The minimum absolute atomic E-state index is 0.786. The van der Waals surface area contributed by atoms with Crippen molar-refractivity contribution >= 4 is 0 Å². The molecule has 0 aliphatic carbocycles. The van der Waals surface area contributed by atoms with E-state index >= 15 is 0 Å². The van der Waals surface area contributed by atoms with Crippen LogP contribution in [0, 0.1) is 0 Å². The second-order valence-electron chi connectivity index (χ2n) is 1.75. The third kappa shape index (κ3) is 7.28. The molecule has 9 heavy (non-hydrogen) atoms. The topological polar surface area (TPSA) is 9.23 Å². The van der Waals surface area contributed by atoms with Crippen molar-refractivity contribution < 1.29 is 4.74 Å². The van der Waals surface area contributed by atoms with E-state index in [1.165, 1.54) is 6.26 Å². The lowest BCUT2D eigenvalue weighted by molar-refractivity contribution is 0.247. The molecular weight excluding hydrogens is 112 g/mol. The zero-order valence-corrected chi connectivity index (χ0v) is 5.97. The number of ether oxygens (including phenoxy) is 1. The first kappa shape index (κ1) is 8.28. The lowest BCUT2D eigenvalue weighted by Crippen LogP contribution is -1.84. The van der Waals surface area contributed by atoms with E-state index in [1.807, 2.05) is 13.0 Å². The highest BCUT2D eigenvalue weighted by Crippen LogP contribution is 1.90. The summed E-state index contributed by atoms with van der Waals surface area (Å²) in [4.78, 5) is 0. The number of hydrogen-bond donors (Lipinski definition) is 0. The molecule has 0 fully saturated rings. The summed E-state index contributed by atoms with van der Waals surface area (Å²) in [6.45, 7) is 6.25. The van der Waals surface area contributed by atoms with Gasteiger partial charge in [-0.25, -0.2) is 0 Å². The average molecular weight is 126 g/mol. The van der Waals surface area contributed by atoms with Gasteiger partial charge >= 0.3 is 0 Å². The van der Waals surface area contributed by atoms with Crippen LogP contribution in [0.3, 0.4) is 0 Å². The van der Waals surface area contributed by atoms with Gasteiger partial charge in [0.05, 0.1) is 12.9 Å². The molecule has 0 aromatic rings. The van der Waals surface area contributed by atoms with Gasteiger partial charge in [0, 0.05) is 0 Å². The van der Waals surface area contributed by atoms with E-state index in [0.717, 1.165) is 19.4 Å². The SMILES string of the molecule is C=COCCCC=CC. The third-order valence-electron chi connectivity index (χ3n) is 0.987. The van der Waals surface area contributed by atoms with Crippen LogP contribution in [0.2, 0.25) is 0 Å². The van der Waals surface area contributed by atoms with Crippen LogP contribution in [0.4, 0.5) is 0 Å². The van der Waals surface area contributed by atoms with E-state index in [0.29, 0.717) is 0 Å². The van der Waals surface area contributed by atoms with Crippen molar-refractivity contribution in [3.05, 3.63) is 25.0 Å². The van der Waals surface area contributed by atoms with Crippen molar-refractivity contribution in [1.29, 1.82) is 0 Å². The molecule has 0 aromatic heterocycles. The van der Waals surface area contributed by atoms with Crippen LogP contribution in [-0.2, 0) is 4.74 Å². The number of hydrogen-bond acceptors (Lipinski definition) is 1. The molecule has 0 N–H and O–H groups in total. The molecule has 0 rings (SSSR count). The Kier molecular flexibility index (Phi) is 6.70. The molecule has 0 atom stereocenters. The Morgan fingerprint density at radius 3 is 2.89 bits per heavy atom. The molecule has 0 aromatic carbocycles. The Morgan fingerprint density at radius 1 is 1.56 bits per heavy atom. The van der Waals surface area contributed by atoms with Gasteiger partial charge in [-0.1, -0.05) is 18.7 Å². The van der Waals surface area contributed by atoms with Crippen LogP contribution < -0.4 is 0 Å². The average Bonchev–Trinajstić information content (AvgIpc) is 1.89. The highest BCUT2D eigenvalue weighted by Gasteiger charge is 1.79. The molecule has 0 heterocycles. The van der Waals surface area contributed by atoms with Crippen LogP contribution in [-0.4, -0.2) is 6.61 Å². The van der Waals surface area contributed by atoms with Gasteiger partial charge in [0.2, 0.25) is 0 Å².